The van der Waals surface area contributed by atoms with Gasteiger partial charge in [-0.15, -0.1) is 0 Å². The van der Waals surface area contributed by atoms with Gasteiger partial charge in [-0.3, -0.25) is 4.79 Å². The van der Waals surface area contributed by atoms with Crippen molar-refractivity contribution >= 4 is 5.91 Å². The second kappa shape index (κ2) is 11.9. The molecule has 0 atom stereocenters. The molecule has 3 N–H and O–H groups in total. The van der Waals surface area contributed by atoms with Crippen LogP contribution in [0.1, 0.15) is 46.0 Å². The van der Waals surface area contributed by atoms with Crippen molar-refractivity contribution in [2.75, 3.05) is 32.7 Å². The Balaban J connectivity index is 3.32. The van der Waals surface area contributed by atoms with Gasteiger partial charge in [0, 0.05) is 13.0 Å². The summed E-state index contributed by atoms with van der Waals surface area (Å²) in [6, 6.07) is 0. The molecule has 0 unspecified atom stereocenters. The second-order valence-corrected chi connectivity index (χ2v) is 4.33. The van der Waals surface area contributed by atoms with Crippen molar-refractivity contribution in [3.05, 3.63) is 0 Å². The summed E-state index contributed by atoms with van der Waals surface area (Å²) in [7, 11) is 0. The van der Waals surface area contributed by atoms with Crippen molar-refractivity contribution in [2.45, 2.75) is 46.0 Å². The van der Waals surface area contributed by atoms with Crippen molar-refractivity contribution in [1.82, 2.24) is 10.2 Å². The minimum Gasteiger partial charge on any atom is -0.356 e. The summed E-state index contributed by atoms with van der Waals surface area (Å²) in [6.45, 7) is 9.10. The summed E-state index contributed by atoms with van der Waals surface area (Å²) in [4.78, 5) is 13.8. The Morgan fingerprint density at radius 3 is 2.41 bits per heavy atom. The number of carbonyl (C=O) groups is 1. The molecule has 0 saturated heterocycles. The number of nitrogens with two attached hydrogens (primary N) is 1. The maximum Gasteiger partial charge on any atom is 0.219 e. The van der Waals surface area contributed by atoms with Gasteiger partial charge < -0.3 is 16.0 Å². The normalized spacial score (nSPS) is 10.8. The van der Waals surface area contributed by atoms with Crippen molar-refractivity contribution in [2.24, 2.45) is 5.73 Å². The number of rotatable bonds is 11. The van der Waals surface area contributed by atoms with E-state index in [1.54, 1.807) is 0 Å². The summed E-state index contributed by atoms with van der Waals surface area (Å²) < 4.78 is 0. The molecule has 4 nitrogen and oxygen atoms in total. The van der Waals surface area contributed by atoms with Crippen molar-refractivity contribution in [3.8, 4) is 0 Å². The number of hydrogen-bond donors (Lipinski definition) is 2. The summed E-state index contributed by atoms with van der Waals surface area (Å²) in [6.07, 6.45) is 4.72. The number of carbonyl (C=O) groups excluding carboxylic acids is 1. The Morgan fingerprint density at radius 2 is 1.82 bits per heavy atom. The molecule has 0 aliphatic rings. The van der Waals surface area contributed by atoms with Gasteiger partial charge in [-0.05, 0) is 45.4 Å². The molecule has 17 heavy (non-hydrogen) atoms. The highest BCUT2D eigenvalue weighted by Gasteiger charge is 2.01. The monoisotopic (exact) mass is 243 g/mol. The molecule has 0 bridgehead atoms. The molecule has 0 aromatic carbocycles. The van der Waals surface area contributed by atoms with Crippen molar-refractivity contribution in [3.63, 3.8) is 0 Å². The number of nitrogens with zero attached hydrogens (tertiary/aromatic N) is 1. The fourth-order valence-corrected chi connectivity index (χ4v) is 1.77. The predicted octanol–water partition coefficient (Wildman–Crippen LogP) is 1.35. The molecule has 0 spiro atoms. The van der Waals surface area contributed by atoms with Gasteiger partial charge in [-0.2, -0.15) is 0 Å². The number of unbranched alkanes of at least 4 members (excludes halogenated alkanes) is 2. The van der Waals surface area contributed by atoms with Crippen LogP contribution in [0.15, 0.2) is 0 Å². The Kier molecular flexibility index (Phi) is 11.4. The molecule has 0 rings (SSSR count). The third-order valence-corrected chi connectivity index (χ3v) is 2.98. The highest BCUT2D eigenvalue weighted by atomic mass is 16.1. The van der Waals surface area contributed by atoms with Gasteiger partial charge in [0.1, 0.15) is 0 Å². The zero-order chi connectivity index (χ0) is 12.9. The van der Waals surface area contributed by atoms with E-state index in [0.717, 1.165) is 58.4 Å². The van der Waals surface area contributed by atoms with E-state index in [2.05, 4.69) is 24.1 Å². The fourth-order valence-electron chi connectivity index (χ4n) is 1.77. The minimum absolute atomic E-state index is 0.182. The van der Waals surface area contributed by atoms with Gasteiger partial charge in [0.25, 0.3) is 0 Å². The molecular formula is C13H29N3O. The maximum absolute atomic E-state index is 11.4. The van der Waals surface area contributed by atoms with Gasteiger partial charge in [-0.1, -0.05) is 20.3 Å². The van der Waals surface area contributed by atoms with Crippen LogP contribution >= 0.6 is 0 Å². The van der Waals surface area contributed by atoms with Crippen molar-refractivity contribution in [1.29, 1.82) is 0 Å². The maximum atomic E-state index is 11.4. The fraction of sp³-hybridized carbons (Fsp3) is 0.923. The first-order chi connectivity index (χ1) is 8.24. The lowest BCUT2D eigenvalue weighted by molar-refractivity contribution is -0.121. The van der Waals surface area contributed by atoms with Gasteiger partial charge in [0.2, 0.25) is 5.91 Å². The van der Waals surface area contributed by atoms with E-state index >= 15 is 0 Å². The van der Waals surface area contributed by atoms with Crippen LogP contribution in [-0.4, -0.2) is 43.5 Å². The highest BCUT2D eigenvalue weighted by Crippen LogP contribution is 1.98. The highest BCUT2D eigenvalue weighted by molar-refractivity contribution is 5.75. The van der Waals surface area contributed by atoms with E-state index in [1.165, 1.54) is 0 Å². The summed E-state index contributed by atoms with van der Waals surface area (Å²) in [5.41, 5.74) is 5.39. The van der Waals surface area contributed by atoms with E-state index in [-0.39, 0.29) is 5.91 Å². The van der Waals surface area contributed by atoms with Crippen LogP contribution in [0.2, 0.25) is 0 Å². The lowest BCUT2D eigenvalue weighted by atomic mass is 10.2. The zero-order valence-corrected chi connectivity index (χ0v) is 11.5. The molecule has 0 aromatic rings. The van der Waals surface area contributed by atoms with Gasteiger partial charge in [-0.25, -0.2) is 0 Å². The lowest BCUT2D eigenvalue weighted by Crippen LogP contribution is -2.29. The molecule has 0 radical (unpaired) electrons. The molecule has 0 aliphatic carbocycles. The Labute approximate surface area is 106 Å². The average molecular weight is 243 g/mol. The Hall–Kier alpha value is -0.610. The van der Waals surface area contributed by atoms with Crippen molar-refractivity contribution < 1.29 is 4.79 Å². The molecular weight excluding hydrogens is 214 g/mol. The second-order valence-electron chi connectivity index (χ2n) is 4.33. The third-order valence-electron chi connectivity index (χ3n) is 2.98. The molecule has 0 saturated carbocycles. The van der Waals surface area contributed by atoms with E-state index in [0.29, 0.717) is 6.42 Å². The first-order valence-corrected chi connectivity index (χ1v) is 6.93. The topological polar surface area (TPSA) is 58.4 Å². The lowest BCUT2D eigenvalue weighted by Gasteiger charge is -2.17. The predicted molar refractivity (Wildman–Crippen MR) is 72.9 cm³/mol. The molecule has 0 heterocycles. The molecule has 0 aliphatic heterocycles. The van der Waals surface area contributed by atoms with Gasteiger partial charge in [0.05, 0.1) is 0 Å². The first-order valence-electron chi connectivity index (χ1n) is 6.93. The van der Waals surface area contributed by atoms with E-state index in [9.17, 15) is 4.79 Å². The van der Waals surface area contributed by atoms with E-state index in [4.69, 9.17) is 5.73 Å². The third kappa shape index (κ3) is 10.3. The van der Waals surface area contributed by atoms with Crippen LogP contribution in [0, 0.1) is 0 Å². The summed E-state index contributed by atoms with van der Waals surface area (Å²) >= 11 is 0. The zero-order valence-electron chi connectivity index (χ0n) is 11.5. The first kappa shape index (κ1) is 16.4. The van der Waals surface area contributed by atoms with Gasteiger partial charge in [0.15, 0.2) is 0 Å². The summed E-state index contributed by atoms with van der Waals surface area (Å²) in [5.74, 6) is 0.182. The van der Waals surface area contributed by atoms with Crippen LogP contribution in [0.5, 0.6) is 0 Å². The van der Waals surface area contributed by atoms with Crippen LogP contribution in [0.3, 0.4) is 0 Å². The van der Waals surface area contributed by atoms with Crippen LogP contribution in [0.25, 0.3) is 0 Å². The van der Waals surface area contributed by atoms with Crippen LogP contribution in [0.4, 0.5) is 0 Å². The molecule has 1 amide bonds. The molecule has 102 valence electrons. The SMILES string of the molecule is CCN(CC)CCCNC(=O)CCCCCN. The minimum atomic E-state index is 0.182. The van der Waals surface area contributed by atoms with E-state index < -0.39 is 0 Å². The van der Waals surface area contributed by atoms with Crippen LogP contribution < -0.4 is 11.1 Å². The van der Waals surface area contributed by atoms with Crippen LogP contribution in [-0.2, 0) is 4.79 Å². The van der Waals surface area contributed by atoms with Gasteiger partial charge >= 0.3 is 0 Å². The smallest absolute Gasteiger partial charge is 0.219 e. The standard InChI is InChI=1S/C13H29N3O/c1-3-16(4-2)12-8-11-15-13(17)9-6-5-7-10-14/h3-12,14H2,1-2H3,(H,15,17). The molecule has 4 heteroatoms. The summed E-state index contributed by atoms with van der Waals surface area (Å²) in [5, 5.41) is 2.97. The molecule has 0 fully saturated rings. The average Bonchev–Trinajstić information content (AvgIpc) is 2.35. The molecule has 0 aromatic heterocycles. The number of nitrogens with one attached hydrogen (secondary N) is 1. The largest absolute Gasteiger partial charge is 0.356 e. The number of hydrogen-bond acceptors (Lipinski definition) is 3. The van der Waals surface area contributed by atoms with E-state index in [1.807, 2.05) is 0 Å². The Morgan fingerprint density at radius 1 is 1.12 bits per heavy atom. The number of amides is 1. The quantitative estimate of drug-likeness (QED) is 0.539. The Bertz CT molecular complexity index is 182.